The number of hydrogen-bond donors (Lipinski definition) is 3. The molecule has 1 aromatic heterocycles. The molecule has 4 amide bonds. The summed E-state index contributed by atoms with van der Waals surface area (Å²) in [5.41, 5.74) is 3.70. The lowest BCUT2D eigenvalue weighted by molar-refractivity contribution is -0.0374. The molecule has 3 aromatic carbocycles. The lowest BCUT2D eigenvalue weighted by Gasteiger charge is -2.41. The van der Waals surface area contributed by atoms with Crippen molar-refractivity contribution in [1.82, 2.24) is 25.3 Å². The number of nitrogens with zero attached hydrogens (tertiary/aromatic N) is 3. The molecule has 2 aliphatic rings. The number of fused-ring (bicyclic) bond motifs is 3. The molecule has 0 atom stereocenters. The molecule has 1 saturated heterocycles. The van der Waals surface area contributed by atoms with E-state index in [9.17, 15) is 14.4 Å². The molecule has 0 bridgehead atoms. The number of benzene rings is 3. The summed E-state index contributed by atoms with van der Waals surface area (Å²) in [4.78, 5) is 40.7. The van der Waals surface area contributed by atoms with Crippen molar-refractivity contribution in [1.29, 1.82) is 0 Å². The Morgan fingerprint density at radius 1 is 0.761 bits per heavy atom. The monoisotopic (exact) mass is 1030 g/mol. The van der Waals surface area contributed by atoms with Crippen molar-refractivity contribution in [2.24, 2.45) is 0 Å². The lowest BCUT2D eigenvalue weighted by Crippen LogP contribution is -2.55. The summed E-state index contributed by atoms with van der Waals surface area (Å²) >= 11 is 13.0. The fraction of sp³-hybridized carbons (Fsp3) is 0.520. The molecule has 2 aliphatic heterocycles. The maximum atomic E-state index is 14.3. The fourth-order valence-corrected chi connectivity index (χ4v) is 8.09. The quantitative estimate of drug-likeness (QED) is 0.0525. The second-order valence-electron chi connectivity index (χ2n) is 17.9. The Kier molecular flexibility index (Phi) is 21.0. The molecule has 0 spiro atoms. The van der Waals surface area contributed by atoms with Crippen LogP contribution in [0.3, 0.4) is 0 Å². The van der Waals surface area contributed by atoms with E-state index in [2.05, 4.69) is 16.0 Å². The second kappa shape index (κ2) is 27.0. The molecular weight excluding hydrogens is 963 g/mol. The van der Waals surface area contributed by atoms with E-state index in [4.69, 9.17) is 75.7 Å². The van der Waals surface area contributed by atoms with Gasteiger partial charge in [0.15, 0.2) is 5.69 Å². The van der Waals surface area contributed by atoms with Gasteiger partial charge in [-0.1, -0.05) is 35.3 Å². The number of alkyl carbamates (subject to hydrolysis) is 1. The van der Waals surface area contributed by atoms with E-state index in [0.29, 0.717) is 161 Å². The van der Waals surface area contributed by atoms with Crippen LogP contribution in [0.25, 0.3) is 28.1 Å². The zero-order valence-corrected chi connectivity index (χ0v) is 42.8. The minimum atomic E-state index is -0.556. The molecule has 6 rings (SSSR count). The number of methoxy groups -OCH3 is 1. The zero-order chi connectivity index (χ0) is 50.8. The van der Waals surface area contributed by atoms with Gasteiger partial charge in [-0.25, -0.2) is 14.3 Å². The van der Waals surface area contributed by atoms with Crippen molar-refractivity contribution >= 4 is 46.9 Å². The van der Waals surface area contributed by atoms with Gasteiger partial charge >= 0.3 is 12.1 Å². The number of carbonyl (C=O) groups excluding carboxylic acids is 3. The van der Waals surface area contributed by atoms with Crippen molar-refractivity contribution < 1.29 is 61.8 Å². The van der Waals surface area contributed by atoms with Crippen LogP contribution < -0.4 is 25.4 Å². The summed E-state index contributed by atoms with van der Waals surface area (Å²) in [6.07, 6.45) is -0.470. The standard InChI is InChI=1S/C50H66Cl2N6O13/c1-49(2,3)71-48(61)54-11-14-64-17-19-66-21-23-68-25-24-67-22-20-65-18-16-63-13-10-53-47(60)55-37-9-7-8-34(26-37)39-30-40-43(31-42(39)62-6)70-32-41-44(46(59)57-12-15-69-33-50(57,4)5)56-58(45(40)41)38-28-35(51)27-36(52)29-38/h7-9,26-31H,10-25,32-33H2,1-6H3,(H,54,61)(H2,53,55,60). The van der Waals surface area contributed by atoms with E-state index in [-0.39, 0.29) is 24.8 Å². The third-order valence-electron chi connectivity index (χ3n) is 10.8. The highest BCUT2D eigenvalue weighted by Gasteiger charge is 2.39. The van der Waals surface area contributed by atoms with E-state index in [1.54, 1.807) is 41.0 Å². The Morgan fingerprint density at radius 2 is 1.35 bits per heavy atom. The van der Waals surface area contributed by atoms with Gasteiger partial charge in [0.2, 0.25) is 0 Å². The molecular formula is C50H66Cl2N6O13. The Hall–Kier alpha value is -5.22. The lowest BCUT2D eigenvalue weighted by atomic mass is 9.95. The summed E-state index contributed by atoms with van der Waals surface area (Å²) in [6.45, 7) is 16.1. The molecule has 71 heavy (non-hydrogen) atoms. The number of carbonyl (C=O) groups is 3. The number of halogens is 2. The molecule has 19 nitrogen and oxygen atoms in total. The van der Waals surface area contributed by atoms with E-state index in [1.165, 1.54) is 0 Å². The topological polar surface area (TPSA) is 201 Å². The number of anilines is 1. The van der Waals surface area contributed by atoms with E-state index >= 15 is 0 Å². The maximum Gasteiger partial charge on any atom is 0.407 e. The van der Waals surface area contributed by atoms with Crippen LogP contribution in [-0.4, -0.2) is 163 Å². The van der Waals surface area contributed by atoms with Crippen molar-refractivity contribution in [3.8, 4) is 39.6 Å². The van der Waals surface area contributed by atoms with Crippen LogP contribution in [0.4, 0.5) is 15.3 Å². The minimum absolute atomic E-state index is 0.0884. The van der Waals surface area contributed by atoms with Gasteiger partial charge in [0, 0.05) is 58.1 Å². The Bertz CT molecular complexity index is 2370. The largest absolute Gasteiger partial charge is 0.496 e. The molecule has 4 aromatic rings. The first-order valence-electron chi connectivity index (χ1n) is 23.6. The highest BCUT2D eigenvalue weighted by molar-refractivity contribution is 6.34. The second-order valence-corrected chi connectivity index (χ2v) is 18.8. The van der Waals surface area contributed by atoms with Crippen molar-refractivity contribution in [3.05, 3.63) is 75.9 Å². The SMILES string of the molecule is COc1cc2c(cc1-c1cccc(NC(=O)NCCOCCOCCOCCOCCOCCOCCNC(=O)OC(C)(C)C)c1)-c1c(c(C(=O)N3CCOCC3(C)C)nn1-c1cc(Cl)cc(Cl)c1)CO2. The van der Waals surface area contributed by atoms with Crippen LogP contribution in [0.15, 0.2) is 54.6 Å². The zero-order valence-electron chi connectivity index (χ0n) is 41.3. The maximum absolute atomic E-state index is 14.3. The Labute approximate surface area is 424 Å². The summed E-state index contributed by atoms with van der Waals surface area (Å²) in [5.74, 6) is 0.842. The molecule has 1 fully saturated rings. The molecule has 0 saturated carbocycles. The third kappa shape index (κ3) is 16.7. The molecule has 0 aliphatic carbocycles. The summed E-state index contributed by atoms with van der Waals surface area (Å²) in [5, 5.41) is 14.1. The van der Waals surface area contributed by atoms with Gasteiger partial charge in [0.25, 0.3) is 5.91 Å². The molecule has 0 radical (unpaired) electrons. The number of ether oxygens (including phenoxy) is 10. The van der Waals surface area contributed by atoms with E-state index in [1.807, 2.05) is 65.0 Å². The van der Waals surface area contributed by atoms with Gasteiger partial charge in [0.1, 0.15) is 23.7 Å². The van der Waals surface area contributed by atoms with Crippen molar-refractivity contribution in [2.45, 2.75) is 52.4 Å². The van der Waals surface area contributed by atoms with Gasteiger partial charge in [-0.2, -0.15) is 5.10 Å². The van der Waals surface area contributed by atoms with E-state index in [0.717, 1.165) is 5.56 Å². The summed E-state index contributed by atoms with van der Waals surface area (Å²) < 4.78 is 57.9. The number of hydrogen-bond acceptors (Lipinski definition) is 14. The van der Waals surface area contributed by atoms with Crippen LogP contribution in [-0.2, 0) is 44.5 Å². The number of amides is 4. The number of rotatable bonds is 26. The van der Waals surface area contributed by atoms with Crippen molar-refractivity contribution in [2.75, 3.05) is 125 Å². The van der Waals surface area contributed by atoms with Crippen molar-refractivity contribution in [3.63, 3.8) is 0 Å². The Balaban J connectivity index is 0.904. The van der Waals surface area contributed by atoms with Crippen LogP contribution in [0.2, 0.25) is 10.0 Å². The predicted octanol–water partition coefficient (Wildman–Crippen LogP) is 7.41. The van der Waals surface area contributed by atoms with Gasteiger partial charge in [-0.05, 0) is 76.6 Å². The number of nitrogens with one attached hydrogen (secondary N) is 3. The Morgan fingerprint density at radius 3 is 1.93 bits per heavy atom. The minimum Gasteiger partial charge on any atom is -0.496 e. The van der Waals surface area contributed by atoms with Crippen LogP contribution in [0, 0.1) is 0 Å². The average Bonchev–Trinajstić information content (AvgIpc) is 3.72. The molecule has 3 N–H and O–H groups in total. The highest BCUT2D eigenvalue weighted by Crippen LogP contribution is 2.47. The summed E-state index contributed by atoms with van der Waals surface area (Å²) in [6, 6.07) is 15.9. The molecule has 0 unspecified atom stereocenters. The third-order valence-corrected chi connectivity index (χ3v) is 11.3. The first-order chi connectivity index (χ1) is 34.1. The van der Waals surface area contributed by atoms with Gasteiger partial charge < -0.3 is 68.2 Å². The number of urea groups is 1. The first-order valence-corrected chi connectivity index (χ1v) is 24.3. The number of morpholine rings is 1. The van der Waals surface area contributed by atoms with Gasteiger partial charge in [-0.3, -0.25) is 4.79 Å². The predicted molar refractivity (Wildman–Crippen MR) is 267 cm³/mol. The van der Waals surface area contributed by atoms with Gasteiger partial charge in [0.05, 0.1) is 117 Å². The molecule has 388 valence electrons. The normalized spacial score (nSPS) is 14.0. The number of aromatic nitrogens is 2. The molecule has 21 heteroatoms. The first kappa shape index (κ1) is 55.1. The molecule has 3 heterocycles. The van der Waals surface area contributed by atoms with Gasteiger partial charge in [-0.15, -0.1) is 0 Å². The highest BCUT2D eigenvalue weighted by atomic mass is 35.5. The average molecular weight is 1030 g/mol. The van der Waals surface area contributed by atoms with Crippen LogP contribution >= 0.6 is 23.2 Å². The van der Waals surface area contributed by atoms with E-state index < -0.39 is 23.3 Å². The van der Waals surface area contributed by atoms with Crippen LogP contribution in [0.1, 0.15) is 50.7 Å². The fourth-order valence-electron chi connectivity index (χ4n) is 7.57. The van der Waals surface area contributed by atoms with Crippen LogP contribution in [0.5, 0.6) is 11.5 Å². The smallest absolute Gasteiger partial charge is 0.407 e. The summed E-state index contributed by atoms with van der Waals surface area (Å²) in [7, 11) is 1.58.